The van der Waals surface area contributed by atoms with Gasteiger partial charge in [0, 0.05) is 30.9 Å². The number of ether oxygens (including phenoxy) is 1. The van der Waals surface area contributed by atoms with Gasteiger partial charge >= 0.3 is 0 Å². The molecule has 1 atom stereocenters. The third kappa shape index (κ3) is 5.58. The summed E-state index contributed by atoms with van der Waals surface area (Å²) in [5.41, 5.74) is 0.958. The Balaban J connectivity index is 1.28. The maximum Gasteiger partial charge on any atom is 0.229 e. The normalized spacial score (nSPS) is 19.1. The van der Waals surface area contributed by atoms with E-state index >= 15 is 0 Å². The second kappa shape index (κ2) is 10.7. The number of methoxy groups -OCH3 is 1. The number of thiophene rings is 1. The molecule has 3 heterocycles. The van der Waals surface area contributed by atoms with Gasteiger partial charge in [0.2, 0.25) is 11.8 Å². The van der Waals surface area contributed by atoms with E-state index in [1.807, 2.05) is 42.2 Å². The number of amides is 2. The van der Waals surface area contributed by atoms with Crippen LogP contribution in [0.5, 0.6) is 5.75 Å². The molecular weight excluding hydrogens is 434 g/mol. The summed E-state index contributed by atoms with van der Waals surface area (Å²) in [5.74, 6) is 1.26. The quantitative estimate of drug-likeness (QED) is 0.597. The Bertz CT molecular complexity index is 921. The van der Waals surface area contributed by atoms with E-state index in [4.69, 9.17) is 4.74 Å². The molecule has 33 heavy (non-hydrogen) atoms. The molecule has 0 aliphatic carbocycles. The second-order valence-corrected chi connectivity index (χ2v) is 10.2. The van der Waals surface area contributed by atoms with Crippen molar-refractivity contribution in [1.82, 2.24) is 15.1 Å². The molecule has 178 valence electrons. The molecule has 0 saturated carbocycles. The molecule has 2 saturated heterocycles. The van der Waals surface area contributed by atoms with Gasteiger partial charge in [-0.2, -0.15) is 0 Å². The summed E-state index contributed by atoms with van der Waals surface area (Å²) in [7, 11) is 1.67. The molecular formula is C26H35N3O3S. The van der Waals surface area contributed by atoms with Crippen molar-refractivity contribution < 1.29 is 14.3 Å². The molecule has 2 fully saturated rings. The lowest BCUT2D eigenvalue weighted by atomic mass is 9.77. The van der Waals surface area contributed by atoms with Gasteiger partial charge in [0.25, 0.3) is 0 Å². The standard InChI is InChI=1S/C26H35N3O3S/c1-3-24(30)27-22(23-5-4-18-33-23)10-14-28-15-11-26(12-16-28)13-17-29(25(26)31)19-20-6-8-21(32-2)9-7-20/h4-9,18,22H,3,10-17,19H2,1-2H3,(H,27,30). The van der Waals surface area contributed by atoms with Gasteiger partial charge in [-0.25, -0.2) is 0 Å². The highest BCUT2D eigenvalue weighted by Gasteiger charge is 2.47. The van der Waals surface area contributed by atoms with Gasteiger partial charge in [0.05, 0.1) is 18.6 Å². The van der Waals surface area contributed by atoms with Gasteiger partial charge in [-0.3, -0.25) is 9.59 Å². The molecule has 1 spiro atoms. The van der Waals surface area contributed by atoms with Crippen molar-refractivity contribution >= 4 is 23.2 Å². The van der Waals surface area contributed by atoms with E-state index in [0.717, 1.165) is 63.2 Å². The van der Waals surface area contributed by atoms with Crippen molar-refractivity contribution in [3.8, 4) is 5.75 Å². The number of hydrogen-bond donors (Lipinski definition) is 1. The van der Waals surface area contributed by atoms with E-state index in [2.05, 4.69) is 21.7 Å². The van der Waals surface area contributed by atoms with Crippen molar-refractivity contribution in [2.75, 3.05) is 33.3 Å². The zero-order valence-electron chi connectivity index (χ0n) is 19.7. The van der Waals surface area contributed by atoms with Gasteiger partial charge < -0.3 is 19.9 Å². The molecule has 7 heteroatoms. The fraction of sp³-hybridized carbons (Fsp3) is 0.538. The summed E-state index contributed by atoms with van der Waals surface area (Å²) in [4.78, 5) is 31.0. The van der Waals surface area contributed by atoms with Crippen molar-refractivity contribution in [3.63, 3.8) is 0 Å². The molecule has 1 aromatic heterocycles. The number of rotatable bonds is 9. The predicted octanol–water partition coefficient (Wildman–Crippen LogP) is 4.23. The average Bonchev–Trinajstić information content (AvgIpc) is 3.48. The van der Waals surface area contributed by atoms with Crippen molar-refractivity contribution in [2.24, 2.45) is 5.41 Å². The first-order valence-electron chi connectivity index (χ1n) is 12.0. The molecule has 4 rings (SSSR count). The van der Waals surface area contributed by atoms with Crippen LogP contribution in [0, 0.1) is 5.41 Å². The fourth-order valence-electron chi connectivity index (χ4n) is 5.05. The van der Waals surface area contributed by atoms with Crippen molar-refractivity contribution in [3.05, 3.63) is 52.2 Å². The van der Waals surface area contributed by atoms with Gasteiger partial charge in [-0.15, -0.1) is 11.3 Å². The van der Waals surface area contributed by atoms with Gasteiger partial charge in [-0.05, 0) is 67.9 Å². The minimum atomic E-state index is -0.188. The average molecular weight is 470 g/mol. The monoisotopic (exact) mass is 469 g/mol. The SMILES string of the molecule is CCC(=O)NC(CCN1CCC2(CC1)CCN(Cc1ccc(OC)cc1)C2=O)c1cccs1. The highest BCUT2D eigenvalue weighted by molar-refractivity contribution is 7.10. The van der Waals surface area contributed by atoms with Crippen molar-refractivity contribution in [1.29, 1.82) is 0 Å². The summed E-state index contributed by atoms with van der Waals surface area (Å²) in [5, 5.41) is 5.24. The van der Waals surface area contributed by atoms with Crippen LogP contribution in [0.4, 0.5) is 0 Å². The Morgan fingerprint density at radius 2 is 1.88 bits per heavy atom. The number of nitrogens with one attached hydrogen (secondary N) is 1. The molecule has 0 radical (unpaired) electrons. The Morgan fingerprint density at radius 3 is 2.52 bits per heavy atom. The van der Waals surface area contributed by atoms with Crippen LogP contribution < -0.4 is 10.1 Å². The van der Waals surface area contributed by atoms with Crippen LogP contribution in [0.3, 0.4) is 0 Å². The summed E-state index contributed by atoms with van der Waals surface area (Å²) in [6, 6.07) is 12.2. The fourth-order valence-corrected chi connectivity index (χ4v) is 5.86. The third-order valence-corrected chi connectivity index (χ3v) is 8.21. The van der Waals surface area contributed by atoms with Gasteiger partial charge in [-0.1, -0.05) is 25.1 Å². The van der Waals surface area contributed by atoms with Gasteiger partial charge in [0.15, 0.2) is 0 Å². The summed E-state index contributed by atoms with van der Waals surface area (Å²) >= 11 is 1.70. The van der Waals surface area contributed by atoms with Crippen LogP contribution in [0.25, 0.3) is 0 Å². The maximum absolute atomic E-state index is 13.3. The summed E-state index contributed by atoms with van der Waals surface area (Å²) in [6.45, 7) is 6.23. The number of likely N-dealkylation sites (tertiary alicyclic amines) is 2. The number of hydrogen-bond acceptors (Lipinski definition) is 5. The molecule has 1 aromatic carbocycles. The van der Waals surface area contributed by atoms with E-state index in [0.29, 0.717) is 18.9 Å². The van der Waals surface area contributed by atoms with E-state index in [9.17, 15) is 9.59 Å². The van der Waals surface area contributed by atoms with Gasteiger partial charge in [0.1, 0.15) is 5.75 Å². The highest BCUT2D eigenvalue weighted by Crippen LogP contribution is 2.42. The Kier molecular flexibility index (Phi) is 7.71. The minimum Gasteiger partial charge on any atom is -0.497 e. The maximum atomic E-state index is 13.3. The topological polar surface area (TPSA) is 61.9 Å². The van der Waals surface area contributed by atoms with Crippen LogP contribution in [0.2, 0.25) is 0 Å². The molecule has 1 unspecified atom stereocenters. The largest absolute Gasteiger partial charge is 0.497 e. The molecule has 2 amide bonds. The Labute approximate surface area is 200 Å². The smallest absolute Gasteiger partial charge is 0.229 e. The minimum absolute atomic E-state index is 0.0708. The first-order valence-corrected chi connectivity index (χ1v) is 12.9. The van der Waals surface area contributed by atoms with Crippen LogP contribution in [0.15, 0.2) is 41.8 Å². The molecule has 1 N–H and O–H groups in total. The Hall–Kier alpha value is -2.38. The molecule has 2 aliphatic rings. The van der Waals surface area contributed by atoms with E-state index in [1.54, 1.807) is 18.4 Å². The summed E-state index contributed by atoms with van der Waals surface area (Å²) < 4.78 is 5.24. The van der Waals surface area contributed by atoms with Crippen LogP contribution in [0.1, 0.15) is 55.5 Å². The van der Waals surface area contributed by atoms with E-state index in [-0.39, 0.29) is 17.4 Å². The zero-order valence-corrected chi connectivity index (χ0v) is 20.5. The number of carbonyl (C=O) groups is 2. The Morgan fingerprint density at radius 1 is 1.15 bits per heavy atom. The van der Waals surface area contributed by atoms with E-state index in [1.165, 1.54) is 4.88 Å². The highest BCUT2D eigenvalue weighted by atomic mass is 32.1. The number of piperidine rings is 1. The molecule has 2 aromatic rings. The van der Waals surface area contributed by atoms with Crippen LogP contribution in [-0.2, 0) is 16.1 Å². The van der Waals surface area contributed by atoms with Crippen LogP contribution >= 0.6 is 11.3 Å². The molecule has 2 aliphatic heterocycles. The van der Waals surface area contributed by atoms with Crippen molar-refractivity contribution in [2.45, 2.75) is 51.6 Å². The first kappa shape index (κ1) is 23.8. The first-order chi connectivity index (χ1) is 16.0. The lowest BCUT2D eigenvalue weighted by Crippen LogP contribution is -2.45. The lowest BCUT2D eigenvalue weighted by Gasteiger charge is -2.38. The predicted molar refractivity (Wildman–Crippen MR) is 131 cm³/mol. The number of nitrogens with zero attached hydrogens (tertiary/aromatic N) is 2. The number of benzene rings is 1. The lowest BCUT2D eigenvalue weighted by molar-refractivity contribution is -0.139. The third-order valence-electron chi connectivity index (χ3n) is 7.22. The summed E-state index contributed by atoms with van der Waals surface area (Å²) in [6.07, 6.45) is 4.21. The van der Waals surface area contributed by atoms with E-state index < -0.39 is 0 Å². The molecule has 6 nitrogen and oxygen atoms in total. The zero-order chi connectivity index (χ0) is 23.3. The number of carbonyl (C=O) groups excluding carboxylic acids is 2. The molecule has 0 bridgehead atoms. The van der Waals surface area contributed by atoms with Crippen LogP contribution in [-0.4, -0.2) is 54.9 Å². The second-order valence-electron chi connectivity index (χ2n) is 9.22.